The van der Waals surface area contributed by atoms with Crippen molar-refractivity contribution in [2.45, 2.75) is 19.3 Å². The molecule has 0 amide bonds. The second-order valence-electron chi connectivity index (χ2n) is 5.87. The van der Waals surface area contributed by atoms with E-state index < -0.39 is 17.4 Å². The van der Waals surface area contributed by atoms with Crippen LogP contribution in [0.25, 0.3) is 0 Å². The molecule has 2 aromatic rings. The lowest BCUT2D eigenvalue weighted by Gasteiger charge is -2.28. The summed E-state index contributed by atoms with van der Waals surface area (Å²) in [5.74, 6) is -2.06. The van der Waals surface area contributed by atoms with Gasteiger partial charge in [-0.15, -0.1) is 0 Å². The summed E-state index contributed by atoms with van der Waals surface area (Å²) < 4.78 is 1.88. The summed E-state index contributed by atoms with van der Waals surface area (Å²) in [6.07, 6.45) is 0. The molecule has 2 N–H and O–H groups in total. The Kier molecular flexibility index (Phi) is 6.18. The van der Waals surface area contributed by atoms with E-state index in [0.29, 0.717) is 17.9 Å². The summed E-state index contributed by atoms with van der Waals surface area (Å²) in [6, 6.07) is 7.06. The molecule has 0 fully saturated rings. The number of carboxylic acid groups (broad SMARTS) is 2. The van der Waals surface area contributed by atoms with Crippen LogP contribution >= 0.6 is 63.7 Å². The zero-order valence-electron chi connectivity index (χ0n) is 13.0. The van der Waals surface area contributed by atoms with E-state index in [1.54, 1.807) is 24.3 Å². The minimum Gasteiger partial charge on any atom is -0.478 e. The molecule has 0 heterocycles. The zero-order chi connectivity index (χ0) is 19.1. The van der Waals surface area contributed by atoms with Crippen molar-refractivity contribution < 1.29 is 19.8 Å². The predicted molar refractivity (Wildman–Crippen MR) is 110 cm³/mol. The molecule has 0 bridgehead atoms. The second kappa shape index (κ2) is 7.50. The first-order chi connectivity index (χ1) is 11.5. The van der Waals surface area contributed by atoms with E-state index in [4.69, 9.17) is 0 Å². The molecule has 0 aliphatic rings. The van der Waals surface area contributed by atoms with Crippen molar-refractivity contribution in [1.82, 2.24) is 0 Å². The van der Waals surface area contributed by atoms with Gasteiger partial charge < -0.3 is 10.2 Å². The summed E-state index contributed by atoms with van der Waals surface area (Å²) in [6.45, 7) is 3.96. The number of carboxylic acids is 2. The van der Waals surface area contributed by atoms with Crippen LogP contribution in [0, 0.1) is 0 Å². The number of rotatable bonds is 4. The lowest BCUT2D eigenvalue weighted by atomic mass is 9.77. The van der Waals surface area contributed by atoms with Crippen molar-refractivity contribution in [3.8, 4) is 0 Å². The van der Waals surface area contributed by atoms with Gasteiger partial charge in [-0.2, -0.15) is 0 Å². The van der Waals surface area contributed by atoms with Crippen LogP contribution < -0.4 is 0 Å². The number of benzene rings is 2. The molecule has 0 aromatic heterocycles. The summed E-state index contributed by atoms with van der Waals surface area (Å²) >= 11 is 13.3. The number of aromatic carboxylic acids is 2. The van der Waals surface area contributed by atoms with Gasteiger partial charge in [-0.05, 0) is 99.1 Å². The quantitative estimate of drug-likeness (QED) is 0.423. The molecule has 0 saturated carbocycles. The van der Waals surface area contributed by atoms with Gasteiger partial charge in [0.1, 0.15) is 0 Å². The smallest absolute Gasteiger partial charge is 0.337 e. The number of hydrogen-bond acceptors (Lipinski definition) is 2. The molecule has 2 aromatic carbocycles. The van der Waals surface area contributed by atoms with Crippen LogP contribution in [-0.2, 0) is 5.41 Å². The Balaban J connectivity index is 2.64. The Hall–Kier alpha value is -0.700. The minimum absolute atomic E-state index is 0.156. The van der Waals surface area contributed by atoms with Crippen molar-refractivity contribution >= 4 is 75.7 Å². The molecule has 8 heteroatoms. The molecule has 0 atom stereocenters. The standard InChI is InChI=1S/C17H12Br4O4/c1-17(2,7-3-9(18)13(15(22)23)10(19)4-7)8-5-11(20)14(16(24)25)12(21)6-8/h3-6H,1-2H3,(H,22,23)(H,24,25). The third-order valence-electron chi connectivity index (χ3n) is 3.96. The van der Waals surface area contributed by atoms with Gasteiger partial charge in [0, 0.05) is 23.3 Å². The van der Waals surface area contributed by atoms with E-state index in [1.807, 2.05) is 13.8 Å². The van der Waals surface area contributed by atoms with Crippen LogP contribution in [-0.4, -0.2) is 22.2 Å². The largest absolute Gasteiger partial charge is 0.478 e. The summed E-state index contributed by atoms with van der Waals surface area (Å²) in [5, 5.41) is 18.6. The fraction of sp³-hybridized carbons (Fsp3) is 0.176. The molecule has 0 unspecified atom stereocenters. The van der Waals surface area contributed by atoms with Gasteiger partial charge in [0.2, 0.25) is 0 Å². The van der Waals surface area contributed by atoms with Crippen LogP contribution in [0.5, 0.6) is 0 Å². The Morgan fingerprint density at radius 2 is 0.960 bits per heavy atom. The number of halogens is 4. The normalized spacial score (nSPS) is 11.4. The lowest BCUT2D eigenvalue weighted by molar-refractivity contribution is 0.0684. The van der Waals surface area contributed by atoms with Gasteiger partial charge in [0.15, 0.2) is 0 Å². The van der Waals surface area contributed by atoms with E-state index >= 15 is 0 Å². The highest BCUT2D eigenvalue weighted by molar-refractivity contribution is 9.11. The number of carbonyl (C=O) groups is 2. The van der Waals surface area contributed by atoms with E-state index in [1.165, 1.54) is 0 Å². The Bertz CT molecular complexity index is 773. The van der Waals surface area contributed by atoms with Gasteiger partial charge in [-0.1, -0.05) is 13.8 Å². The van der Waals surface area contributed by atoms with Gasteiger partial charge in [-0.25, -0.2) is 9.59 Å². The van der Waals surface area contributed by atoms with Crippen LogP contribution in [0.15, 0.2) is 42.2 Å². The molecular formula is C17H12Br4O4. The average molecular weight is 600 g/mol. The van der Waals surface area contributed by atoms with Crippen molar-refractivity contribution in [1.29, 1.82) is 0 Å². The zero-order valence-corrected chi connectivity index (χ0v) is 19.4. The SMILES string of the molecule is CC(C)(c1cc(Br)c(C(=O)O)c(Br)c1)c1cc(Br)c(C(=O)O)c(Br)c1. The van der Waals surface area contributed by atoms with Crippen molar-refractivity contribution in [3.63, 3.8) is 0 Å². The van der Waals surface area contributed by atoms with Crippen molar-refractivity contribution in [3.05, 3.63) is 64.4 Å². The van der Waals surface area contributed by atoms with Crippen molar-refractivity contribution in [2.75, 3.05) is 0 Å². The first-order valence-corrected chi connectivity index (χ1v) is 10.1. The van der Waals surface area contributed by atoms with Crippen LogP contribution in [0.4, 0.5) is 0 Å². The number of hydrogen-bond donors (Lipinski definition) is 2. The van der Waals surface area contributed by atoms with Crippen LogP contribution in [0.1, 0.15) is 45.7 Å². The fourth-order valence-electron chi connectivity index (χ4n) is 2.44. The first-order valence-electron chi connectivity index (χ1n) is 6.92. The molecule has 0 spiro atoms. The monoisotopic (exact) mass is 596 g/mol. The average Bonchev–Trinajstić information content (AvgIpc) is 2.44. The lowest BCUT2D eigenvalue weighted by Crippen LogP contribution is -2.20. The maximum absolute atomic E-state index is 11.3. The van der Waals surface area contributed by atoms with Gasteiger partial charge in [-0.3, -0.25) is 0 Å². The van der Waals surface area contributed by atoms with Crippen LogP contribution in [0.2, 0.25) is 0 Å². The summed E-state index contributed by atoms with van der Waals surface area (Å²) in [4.78, 5) is 22.7. The third kappa shape index (κ3) is 4.02. The van der Waals surface area contributed by atoms with Gasteiger partial charge in [0.25, 0.3) is 0 Å². The third-order valence-corrected chi connectivity index (χ3v) is 6.46. The molecule has 2 rings (SSSR count). The predicted octanol–water partition coefficient (Wildman–Crippen LogP) is 6.46. The van der Waals surface area contributed by atoms with Gasteiger partial charge in [0.05, 0.1) is 11.1 Å². The molecule has 0 radical (unpaired) electrons. The Morgan fingerprint density at radius 3 is 1.16 bits per heavy atom. The van der Waals surface area contributed by atoms with E-state index in [-0.39, 0.29) is 11.1 Å². The highest BCUT2D eigenvalue weighted by Crippen LogP contribution is 2.40. The molecule has 0 saturated heterocycles. The molecule has 0 aliphatic carbocycles. The molecule has 4 nitrogen and oxygen atoms in total. The molecule has 132 valence electrons. The highest BCUT2D eigenvalue weighted by atomic mass is 79.9. The maximum atomic E-state index is 11.3. The van der Waals surface area contributed by atoms with Crippen molar-refractivity contribution in [2.24, 2.45) is 0 Å². The van der Waals surface area contributed by atoms with E-state index in [9.17, 15) is 19.8 Å². The second-order valence-corrected chi connectivity index (χ2v) is 9.28. The van der Waals surface area contributed by atoms with E-state index in [2.05, 4.69) is 63.7 Å². The Morgan fingerprint density at radius 1 is 0.720 bits per heavy atom. The van der Waals surface area contributed by atoms with Gasteiger partial charge >= 0.3 is 11.9 Å². The molecule has 25 heavy (non-hydrogen) atoms. The first kappa shape index (κ1) is 20.6. The maximum Gasteiger partial charge on any atom is 0.337 e. The fourth-order valence-corrected chi connectivity index (χ4v) is 5.49. The Labute approximate surface area is 178 Å². The molecule has 0 aliphatic heterocycles. The highest BCUT2D eigenvalue weighted by Gasteiger charge is 2.28. The topological polar surface area (TPSA) is 74.6 Å². The van der Waals surface area contributed by atoms with E-state index in [0.717, 1.165) is 11.1 Å². The summed E-state index contributed by atoms with van der Waals surface area (Å²) in [7, 11) is 0. The van der Waals surface area contributed by atoms with Crippen LogP contribution in [0.3, 0.4) is 0 Å². The minimum atomic E-state index is -1.03. The molecular weight excluding hydrogens is 588 g/mol. The summed E-state index contributed by atoms with van der Waals surface area (Å²) in [5.41, 5.74) is 1.56.